The van der Waals surface area contributed by atoms with Crippen molar-refractivity contribution in [1.82, 2.24) is 0 Å². The summed E-state index contributed by atoms with van der Waals surface area (Å²) in [7, 11) is 0. The second-order valence-corrected chi connectivity index (χ2v) is 8.27. The van der Waals surface area contributed by atoms with Crippen LogP contribution in [0.5, 0.6) is 0 Å². The first-order chi connectivity index (χ1) is 15.3. The molecule has 5 rings (SSSR count). The molecule has 0 radical (unpaired) electrons. The van der Waals surface area contributed by atoms with E-state index in [1.807, 2.05) is 0 Å². The first kappa shape index (κ1) is 19.4. The molecule has 0 bridgehead atoms. The Morgan fingerprint density at radius 3 is 1.97 bits per heavy atom. The third-order valence-corrected chi connectivity index (χ3v) is 6.07. The molecule has 0 fully saturated rings. The largest absolute Gasteiger partial charge is 0.310 e. The van der Waals surface area contributed by atoms with E-state index in [9.17, 15) is 0 Å². The first-order valence-corrected chi connectivity index (χ1v) is 11.1. The van der Waals surface area contributed by atoms with Crippen LogP contribution in [0.4, 0.5) is 17.1 Å². The van der Waals surface area contributed by atoms with Gasteiger partial charge in [0.25, 0.3) is 0 Å². The summed E-state index contributed by atoms with van der Waals surface area (Å²) in [5, 5.41) is 0. The van der Waals surface area contributed by atoms with Crippen molar-refractivity contribution >= 4 is 29.2 Å². The van der Waals surface area contributed by atoms with Gasteiger partial charge in [-0.2, -0.15) is 0 Å². The van der Waals surface area contributed by atoms with Crippen molar-refractivity contribution in [3.63, 3.8) is 0 Å². The van der Waals surface area contributed by atoms with E-state index in [4.69, 9.17) is 0 Å². The molecule has 0 amide bonds. The minimum absolute atomic E-state index is 1.16. The van der Waals surface area contributed by atoms with Crippen molar-refractivity contribution in [2.24, 2.45) is 0 Å². The van der Waals surface area contributed by atoms with Gasteiger partial charge >= 0.3 is 0 Å². The SMILES string of the molecule is Cc1ccc(C=Cc2ccc(N(c3ccccc3)c3cccc4c3CCC4)cc2)cc1. The molecule has 0 saturated carbocycles. The summed E-state index contributed by atoms with van der Waals surface area (Å²) >= 11 is 0. The number of aryl methyl sites for hydroxylation is 2. The van der Waals surface area contributed by atoms with E-state index in [1.54, 1.807) is 0 Å². The Morgan fingerprint density at radius 2 is 1.26 bits per heavy atom. The molecule has 1 heteroatoms. The fourth-order valence-corrected chi connectivity index (χ4v) is 4.42. The zero-order valence-corrected chi connectivity index (χ0v) is 18.0. The van der Waals surface area contributed by atoms with Gasteiger partial charge in [-0.25, -0.2) is 0 Å². The Bertz CT molecular complexity index is 1190. The summed E-state index contributed by atoms with van der Waals surface area (Å²) in [5.41, 5.74) is 10.4. The maximum Gasteiger partial charge on any atom is 0.0496 e. The van der Waals surface area contributed by atoms with Crippen LogP contribution >= 0.6 is 0 Å². The van der Waals surface area contributed by atoms with Crippen LogP contribution < -0.4 is 4.90 Å². The van der Waals surface area contributed by atoms with Gasteiger partial charge in [0, 0.05) is 17.1 Å². The lowest BCUT2D eigenvalue weighted by Crippen LogP contribution is -2.12. The highest BCUT2D eigenvalue weighted by Gasteiger charge is 2.20. The molecule has 1 aliphatic carbocycles. The molecule has 0 aromatic heterocycles. The summed E-state index contributed by atoms with van der Waals surface area (Å²) in [5.74, 6) is 0. The number of hydrogen-bond donors (Lipinski definition) is 0. The standard InChI is InChI=1S/C30H27N/c1-23-13-15-24(16-14-23)17-18-25-19-21-28(22-20-25)31(27-9-3-2-4-10-27)30-12-6-8-26-7-5-11-29(26)30/h2-4,6,8-10,12-22H,5,7,11H2,1H3. The van der Waals surface area contributed by atoms with E-state index >= 15 is 0 Å². The highest BCUT2D eigenvalue weighted by Crippen LogP contribution is 2.40. The monoisotopic (exact) mass is 401 g/mol. The van der Waals surface area contributed by atoms with Crippen molar-refractivity contribution in [3.05, 3.63) is 125 Å². The Morgan fingerprint density at radius 1 is 0.613 bits per heavy atom. The molecule has 0 aliphatic heterocycles. The highest BCUT2D eigenvalue weighted by molar-refractivity contribution is 5.80. The molecule has 1 nitrogen and oxygen atoms in total. The number of nitrogens with zero attached hydrogens (tertiary/aromatic N) is 1. The van der Waals surface area contributed by atoms with Gasteiger partial charge in [0.1, 0.15) is 0 Å². The minimum Gasteiger partial charge on any atom is -0.310 e. The van der Waals surface area contributed by atoms with Gasteiger partial charge in [-0.1, -0.05) is 84.4 Å². The molecular weight excluding hydrogens is 374 g/mol. The molecule has 152 valence electrons. The zero-order valence-electron chi connectivity index (χ0n) is 18.0. The maximum absolute atomic E-state index is 2.40. The fraction of sp³-hybridized carbons (Fsp3) is 0.133. The molecule has 0 saturated heterocycles. The van der Waals surface area contributed by atoms with Crippen LogP contribution in [0.3, 0.4) is 0 Å². The van der Waals surface area contributed by atoms with Crippen LogP contribution in [0.25, 0.3) is 12.2 Å². The summed E-state index contributed by atoms with van der Waals surface area (Å²) in [6, 6.07) is 35.0. The first-order valence-electron chi connectivity index (χ1n) is 11.1. The van der Waals surface area contributed by atoms with Crippen molar-refractivity contribution in [1.29, 1.82) is 0 Å². The highest BCUT2D eigenvalue weighted by atomic mass is 15.1. The molecule has 4 aromatic rings. The molecule has 1 aliphatic rings. The van der Waals surface area contributed by atoms with E-state index in [0.29, 0.717) is 0 Å². The van der Waals surface area contributed by atoms with Crippen molar-refractivity contribution < 1.29 is 0 Å². The van der Waals surface area contributed by atoms with Gasteiger partial charge in [-0.3, -0.25) is 0 Å². The Labute approximate surface area is 185 Å². The second-order valence-electron chi connectivity index (χ2n) is 8.27. The van der Waals surface area contributed by atoms with E-state index in [-0.39, 0.29) is 0 Å². The van der Waals surface area contributed by atoms with Gasteiger partial charge in [-0.05, 0) is 78.8 Å². The van der Waals surface area contributed by atoms with E-state index in [0.717, 1.165) is 6.42 Å². The smallest absolute Gasteiger partial charge is 0.0496 e. The van der Waals surface area contributed by atoms with Gasteiger partial charge in [0.05, 0.1) is 0 Å². The van der Waals surface area contributed by atoms with Crippen LogP contribution in [-0.4, -0.2) is 0 Å². The molecule has 31 heavy (non-hydrogen) atoms. The van der Waals surface area contributed by atoms with E-state index in [2.05, 4.69) is 121 Å². The van der Waals surface area contributed by atoms with Gasteiger partial charge in [-0.15, -0.1) is 0 Å². The maximum atomic E-state index is 2.40. The van der Waals surface area contributed by atoms with Gasteiger partial charge in [0.15, 0.2) is 0 Å². The number of fused-ring (bicyclic) bond motifs is 1. The molecular formula is C30H27N. The van der Waals surface area contributed by atoms with Crippen LogP contribution in [0.2, 0.25) is 0 Å². The fourth-order valence-electron chi connectivity index (χ4n) is 4.42. The number of anilines is 3. The third kappa shape index (κ3) is 4.18. The van der Waals surface area contributed by atoms with E-state index in [1.165, 1.54) is 57.7 Å². The quantitative estimate of drug-likeness (QED) is 0.305. The summed E-state index contributed by atoms with van der Waals surface area (Å²) in [4.78, 5) is 2.40. The molecule has 0 N–H and O–H groups in total. The Hall–Kier alpha value is -3.58. The van der Waals surface area contributed by atoms with Crippen LogP contribution in [-0.2, 0) is 12.8 Å². The predicted molar refractivity (Wildman–Crippen MR) is 133 cm³/mol. The lowest BCUT2D eigenvalue weighted by atomic mass is 10.0. The normalized spacial score (nSPS) is 12.8. The minimum atomic E-state index is 1.16. The summed E-state index contributed by atoms with van der Waals surface area (Å²) < 4.78 is 0. The summed E-state index contributed by atoms with van der Waals surface area (Å²) in [6.07, 6.45) is 7.95. The topological polar surface area (TPSA) is 3.24 Å². The molecule has 4 aromatic carbocycles. The Balaban J connectivity index is 1.49. The van der Waals surface area contributed by atoms with Crippen molar-refractivity contribution in [3.8, 4) is 0 Å². The van der Waals surface area contributed by atoms with Crippen LogP contribution in [0, 0.1) is 6.92 Å². The average Bonchev–Trinajstić information content (AvgIpc) is 3.30. The van der Waals surface area contributed by atoms with Crippen molar-refractivity contribution in [2.75, 3.05) is 4.90 Å². The lowest BCUT2D eigenvalue weighted by molar-refractivity contribution is 0.911. The summed E-state index contributed by atoms with van der Waals surface area (Å²) in [6.45, 7) is 2.12. The van der Waals surface area contributed by atoms with Gasteiger partial charge in [0.2, 0.25) is 0 Å². The average molecular weight is 402 g/mol. The predicted octanol–water partition coefficient (Wildman–Crippen LogP) is 8.12. The second kappa shape index (κ2) is 8.65. The number of rotatable bonds is 5. The zero-order chi connectivity index (χ0) is 21.0. The third-order valence-electron chi connectivity index (χ3n) is 6.07. The molecule has 0 atom stereocenters. The Kier molecular flexibility index (Phi) is 5.41. The van der Waals surface area contributed by atoms with Crippen LogP contribution in [0.15, 0.2) is 97.1 Å². The lowest BCUT2D eigenvalue weighted by Gasteiger charge is -2.27. The number of para-hydroxylation sites is 1. The van der Waals surface area contributed by atoms with Gasteiger partial charge < -0.3 is 4.90 Å². The van der Waals surface area contributed by atoms with Crippen molar-refractivity contribution in [2.45, 2.75) is 26.2 Å². The number of benzene rings is 4. The number of hydrogen-bond acceptors (Lipinski definition) is 1. The molecule has 0 unspecified atom stereocenters. The molecule has 0 heterocycles. The molecule has 0 spiro atoms. The van der Waals surface area contributed by atoms with Crippen LogP contribution in [0.1, 0.15) is 34.2 Å². The van der Waals surface area contributed by atoms with E-state index < -0.39 is 0 Å².